The highest BCUT2D eigenvalue weighted by molar-refractivity contribution is 5.40. The maximum atomic E-state index is 6.40. The standard InChI is InChI=1S/C14H17N3O2/c1-14(15,10-4-6-11(18-2)7-5-10)12-13(19-3)17-9-8-16-12/h4-9H,15H2,1-3H3. The van der Waals surface area contributed by atoms with Crippen LogP contribution in [0, 0.1) is 0 Å². The number of rotatable bonds is 4. The monoisotopic (exact) mass is 259 g/mol. The van der Waals surface area contributed by atoms with Crippen LogP contribution < -0.4 is 15.2 Å². The molecule has 2 aromatic rings. The number of hydrogen-bond acceptors (Lipinski definition) is 5. The zero-order valence-corrected chi connectivity index (χ0v) is 11.3. The Labute approximate surface area is 112 Å². The number of nitrogens with two attached hydrogens (primary N) is 1. The third-order valence-corrected chi connectivity index (χ3v) is 3.04. The van der Waals surface area contributed by atoms with E-state index in [9.17, 15) is 0 Å². The number of benzene rings is 1. The molecular weight excluding hydrogens is 242 g/mol. The van der Waals surface area contributed by atoms with Crippen molar-refractivity contribution in [3.8, 4) is 11.6 Å². The summed E-state index contributed by atoms with van der Waals surface area (Å²) in [7, 11) is 3.18. The molecule has 19 heavy (non-hydrogen) atoms. The van der Waals surface area contributed by atoms with Crippen LogP contribution in [-0.2, 0) is 5.54 Å². The molecule has 1 aromatic heterocycles. The molecule has 2 N–H and O–H groups in total. The second kappa shape index (κ2) is 5.24. The van der Waals surface area contributed by atoms with Crippen molar-refractivity contribution in [2.75, 3.05) is 14.2 Å². The highest BCUT2D eigenvalue weighted by atomic mass is 16.5. The van der Waals surface area contributed by atoms with Gasteiger partial charge >= 0.3 is 0 Å². The van der Waals surface area contributed by atoms with E-state index in [4.69, 9.17) is 15.2 Å². The van der Waals surface area contributed by atoms with Crippen molar-refractivity contribution >= 4 is 0 Å². The first-order valence-corrected chi connectivity index (χ1v) is 5.88. The van der Waals surface area contributed by atoms with E-state index in [1.807, 2.05) is 31.2 Å². The highest BCUT2D eigenvalue weighted by Crippen LogP contribution is 2.30. The Morgan fingerprint density at radius 2 is 1.63 bits per heavy atom. The van der Waals surface area contributed by atoms with Crippen LogP contribution in [0.25, 0.3) is 0 Å². The van der Waals surface area contributed by atoms with E-state index < -0.39 is 5.54 Å². The molecule has 0 aliphatic heterocycles. The molecule has 0 spiro atoms. The Morgan fingerprint density at radius 1 is 1.00 bits per heavy atom. The molecule has 5 heteroatoms. The fraction of sp³-hybridized carbons (Fsp3) is 0.286. The summed E-state index contributed by atoms with van der Waals surface area (Å²) >= 11 is 0. The Hall–Kier alpha value is -2.14. The summed E-state index contributed by atoms with van der Waals surface area (Å²) in [4.78, 5) is 8.43. The second-order valence-corrected chi connectivity index (χ2v) is 4.35. The third-order valence-electron chi connectivity index (χ3n) is 3.04. The van der Waals surface area contributed by atoms with E-state index in [1.54, 1.807) is 26.6 Å². The van der Waals surface area contributed by atoms with Gasteiger partial charge in [0.25, 0.3) is 0 Å². The molecule has 1 atom stereocenters. The van der Waals surface area contributed by atoms with Crippen molar-refractivity contribution in [3.63, 3.8) is 0 Å². The number of aromatic nitrogens is 2. The van der Waals surface area contributed by atoms with Crippen molar-refractivity contribution in [1.82, 2.24) is 9.97 Å². The third kappa shape index (κ3) is 2.51. The largest absolute Gasteiger partial charge is 0.497 e. The molecule has 1 heterocycles. The predicted molar refractivity (Wildman–Crippen MR) is 72.2 cm³/mol. The summed E-state index contributed by atoms with van der Waals surface area (Å²) in [5.41, 5.74) is 7.13. The molecule has 0 saturated carbocycles. The minimum Gasteiger partial charge on any atom is -0.497 e. The zero-order valence-electron chi connectivity index (χ0n) is 11.3. The SMILES string of the molecule is COc1ccc(C(C)(N)c2nccnc2OC)cc1. The van der Waals surface area contributed by atoms with Gasteiger partial charge in [-0.05, 0) is 24.6 Å². The van der Waals surface area contributed by atoms with E-state index in [-0.39, 0.29) is 0 Å². The summed E-state index contributed by atoms with van der Waals surface area (Å²) in [6, 6.07) is 7.55. The smallest absolute Gasteiger partial charge is 0.237 e. The van der Waals surface area contributed by atoms with Crippen molar-refractivity contribution < 1.29 is 9.47 Å². The molecule has 0 bridgehead atoms. The number of nitrogens with zero attached hydrogens (tertiary/aromatic N) is 2. The maximum absolute atomic E-state index is 6.40. The lowest BCUT2D eigenvalue weighted by atomic mass is 9.89. The number of hydrogen-bond donors (Lipinski definition) is 1. The van der Waals surface area contributed by atoms with Crippen molar-refractivity contribution in [2.45, 2.75) is 12.5 Å². The highest BCUT2D eigenvalue weighted by Gasteiger charge is 2.29. The normalized spacial score (nSPS) is 13.7. The predicted octanol–water partition coefficient (Wildman–Crippen LogP) is 1.72. The number of ether oxygens (including phenoxy) is 2. The van der Waals surface area contributed by atoms with Crippen LogP contribution in [0.1, 0.15) is 18.2 Å². The average Bonchev–Trinajstić information content (AvgIpc) is 2.47. The molecular formula is C14H17N3O2. The molecule has 2 rings (SSSR count). The second-order valence-electron chi connectivity index (χ2n) is 4.35. The van der Waals surface area contributed by atoms with Crippen LogP contribution >= 0.6 is 0 Å². The van der Waals surface area contributed by atoms with Crippen molar-refractivity contribution in [2.24, 2.45) is 5.73 Å². The summed E-state index contributed by atoms with van der Waals surface area (Å²) in [6.07, 6.45) is 3.18. The van der Waals surface area contributed by atoms with Gasteiger partial charge in [0.2, 0.25) is 5.88 Å². The van der Waals surface area contributed by atoms with Gasteiger partial charge in [-0.1, -0.05) is 12.1 Å². The average molecular weight is 259 g/mol. The van der Waals surface area contributed by atoms with Gasteiger partial charge in [0, 0.05) is 12.4 Å². The quantitative estimate of drug-likeness (QED) is 0.905. The topological polar surface area (TPSA) is 70.3 Å². The van der Waals surface area contributed by atoms with Crippen LogP contribution in [0.3, 0.4) is 0 Å². The molecule has 1 unspecified atom stereocenters. The lowest BCUT2D eigenvalue weighted by Gasteiger charge is -2.25. The van der Waals surface area contributed by atoms with Crippen LogP contribution in [0.5, 0.6) is 11.6 Å². The van der Waals surface area contributed by atoms with Crippen molar-refractivity contribution in [1.29, 1.82) is 0 Å². The van der Waals surface area contributed by atoms with E-state index in [0.717, 1.165) is 11.3 Å². The van der Waals surface area contributed by atoms with Gasteiger partial charge < -0.3 is 15.2 Å². The molecule has 1 aromatic carbocycles. The van der Waals surface area contributed by atoms with E-state index in [2.05, 4.69) is 9.97 Å². The molecule has 0 amide bonds. The van der Waals surface area contributed by atoms with E-state index in [1.165, 1.54) is 0 Å². The van der Waals surface area contributed by atoms with Gasteiger partial charge in [-0.3, -0.25) is 4.98 Å². The summed E-state index contributed by atoms with van der Waals surface area (Å²) in [5, 5.41) is 0. The van der Waals surface area contributed by atoms with Gasteiger partial charge in [0.1, 0.15) is 11.4 Å². The first-order chi connectivity index (χ1) is 9.09. The lowest BCUT2D eigenvalue weighted by molar-refractivity contribution is 0.376. The molecule has 0 aliphatic rings. The summed E-state index contributed by atoms with van der Waals surface area (Å²) < 4.78 is 10.4. The van der Waals surface area contributed by atoms with Gasteiger partial charge in [-0.2, -0.15) is 0 Å². The van der Waals surface area contributed by atoms with Crippen LogP contribution in [0.4, 0.5) is 0 Å². The van der Waals surface area contributed by atoms with E-state index >= 15 is 0 Å². The Bertz CT molecular complexity index is 553. The Balaban J connectivity index is 2.45. The fourth-order valence-electron chi connectivity index (χ4n) is 1.90. The van der Waals surface area contributed by atoms with Crippen molar-refractivity contribution in [3.05, 3.63) is 47.9 Å². The van der Waals surface area contributed by atoms with Crippen LogP contribution in [0.2, 0.25) is 0 Å². The van der Waals surface area contributed by atoms with Gasteiger partial charge in [0.15, 0.2) is 0 Å². The first kappa shape index (κ1) is 13.3. The fourth-order valence-corrected chi connectivity index (χ4v) is 1.90. The van der Waals surface area contributed by atoms with Gasteiger partial charge in [-0.25, -0.2) is 4.98 Å². The van der Waals surface area contributed by atoms with E-state index in [0.29, 0.717) is 11.6 Å². The summed E-state index contributed by atoms with van der Waals surface area (Å²) in [5.74, 6) is 1.22. The Kier molecular flexibility index (Phi) is 3.66. The maximum Gasteiger partial charge on any atom is 0.237 e. The molecule has 0 radical (unpaired) electrons. The molecule has 5 nitrogen and oxygen atoms in total. The summed E-state index contributed by atoms with van der Waals surface area (Å²) in [6.45, 7) is 1.88. The van der Waals surface area contributed by atoms with Crippen LogP contribution in [0.15, 0.2) is 36.7 Å². The zero-order chi connectivity index (χ0) is 13.9. The minimum atomic E-state index is -0.786. The number of methoxy groups -OCH3 is 2. The van der Waals surface area contributed by atoms with Gasteiger partial charge in [0.05, 0.1) is 19.8 Å². The molecule has 0 aliphatic carbocycles. The molecule has 0 saturated heterocycles. The minimum absolute atomic E-state index is 0.434. The molecule has 0 fully saturated rings. The lowest BCUT2D eigenvalue weighted by Crippen LogP contribution is -2.36. The Morgan fingerprint density at radius 3 is 2.21 bits per heavy atom. The van der Waals surface area contributed by atoms with Gasteiger partial charge in [-0.15, -0.1) is 0 Å². The van der Waals surface area contributed by atoms with Crippen LogP contribution in [-0.4, -0.2) is 24.2 Å². The molecule has 100 valence electrons. The first-order valence-electron chi connectivity index (χ1n) is 5.88.